The summed E-state index contributed by atoms with van der Waals surface area (Å²) in [4.78, 5) is 67.4. The lowest BCUT2D eigenvalue weighted by Crippen LogP contribution is -2.50. The third kappa shape index (κ3) is 7.42. The van der Waals surface area contributed by atoms with Gasteiger partial charge >= 0.3 is 17.9 Å². The van der Waals surface area contributed by atoms with Crippen LogP contribution in [0.3, 0.4) is 0 Å². The molecule has 3 atom stereocenters. The normalized spacial score (nSPS) is 23.9. The number of alkyl halides is 1. The highest BCUT2D eigenvalue weighted by atomic mass is 19.1. The van der Waals surface area contributed by atoms with Crippen molar-refractivity contribution in [2.45, 2.75) is 82.9 Å². The first-order valence-electron chi connectivity index (χ1n) is 16.7. The number of amides is 3. The number of carboxylic acid groups (broad SMARTS) is 1. The van der Waals surface area contributed by atoms with Gasteiger partial charge in [0.05, 0.1) is 6.04 Å². The van der Waals surface area contributed by atoms with Gasteiger partial charge in [-0.05, 0) is 74.1 Å². The number of halogens is 1. The minimum atomic E-state index is -1.07. The number of aromatic carboxylic acids is 1. The van der Waals surface area contributed by atoms with Crippen molar-refractivity contribution in [1.82, 2.24) is 15.2 Å². The number of hydrogen-bond acceptors (Lipinski definition) is 8. The van der Waals surface area contributed by atoms with Gasteiger partial charge in [-0.25, -0.2) is 18.8 Å². The summed E-state index contributed by atoms with van der Waals surface area (Å²) in [5, 5.41) is 15.6. The van der Waals surface area contributed by atoms with Crippen molar-refractivity contribution < 1.29 is 42.2 Å². The highest BCUT2D eigenvalue weighted by molar-refractivity contribution is 6.00. The lowest BCUT2D eigenvalue weighted by Gasteiger charge is -2.37. The number of H-pyrrole nitrogens is 1. The van der Waals surface area contributed by atoms with Crippen LogP contribution >= 0.6 is 0 Å². The number of rotatable bonds is 10. The second kappa shape index (κ2) is 14.7. The third-order valence-electron chi connectivity index (χ3n) is 10.4. The molecule has 3 fully saturated rings. The van der Waals surface area contributed by atoms with Crippen molar-refractivity contribution >= 4 is 40.5 Å². The number of aromatic nitrogens is 1. The van der Waals surface area contributed by atoms with E-state index >= 15 is 0 Å². The first-order valence-corrected chi connectivity index (χ1v) is 16.7. The summed E-state index contributed by atoms with van der Waals surface area (Å²) in [7, 11) is 0. The van der Waals surface area contributed by atoms with Crippen LogP contribution < -0.4 is 16.5 Å². The zero-order chi connectivity index (χ0) is 33.8. The Morgan fingerprint density at radius 3 is 2.50 bits per heavy atom. The first kappa shape index (κ1) is 33.3. The van der Waals surface area contributed by atoms with E-state index in [9.17, 15) is 33.5 Å². The van der Waals surface area contributed by atoms with Crippen LogP contribution in [0.4, 0.5) is 14.9 Å². The third-order valence-corrected chi connectivity index (χ3v) is 10.4. The minimum absolute atomic E-state index is 0.0293. The zero-order valence-corrected chi connectivity index (χ0v) is 26.6. The summed E-state index contributed by atoms with van der Waals surface area (Å²) in [6, 6.07) is 5.28. The SMILES string of the molecule is O=C(N[C@H](CF)[C@H]1CC[C@H](C(=O)N2CC[C@@H](C3CCCCC3)[C@H]2C(=O)Nc2ccc3[nH]c(C(=O)O)cc3c2)CC1)OCc1coc(=O)o1. The molecule has 3 heterocycles. The summed E-state index contributed by atoms with van der Waals surface area (Å²) in [6.07, 6.45) is 8.46. The Morgan fingerprint density at radius 2 is 1.81 bits per heavy atom. The van der Waals surface area contributed by atoms with Crippen LogP contribution in [0.2, 0.25) is 0 Å². The maximum Gasteiger partial charge on any atom is 0.518 e. The van der Waals surface area contributed by atoms with Gasteiger partial charge in [0.1, 0.15) is 24.7 Å². The van der Waals surface area contributed by atoms with Crippen molar-refractivity contribution in [2.24, 2.45) is 23.7 Å². The van der Waals surface area contributed by atoms with E-state index in [0.717, 1.165) is 38.4 Å². The molecule has 4 N–H and O–H groups in total. The van der Waals surface area contributed by atoms with E-state index in [0.29, 0.717) is 54.7 Å². The fourth-order valence-electron chi connectivity index (χ4n) is 7.94. The molecular weight excluding hydrogens is 627 g/mol. The first-order chi connectivity index (χ1) is 23.2. The number of carbonyl (C=O) groups excluding carboxylic acids is 3. The lowest BCUT2D eigenvalue weighted by atomic mass is 9.76. The fraction of sp³-hybridized carbons (Fsp3) is 0.559. The highest BCUT2D eigenvalue weighted by Gasteiger charge is 2.47. The van der Waals surface area contributed by atoms with E-state index in [4.69, 9.17) is 9.15 Å². The fourth-order valence-corrected chi connectivity index (χ4v) is 7.94. The second-order valence-corrected chi connectivity index (χ2v) is 13.3. The van der Waals surface area contributed by atoms with Crippen molar-refractivity contribution in [3.8, 4) is 0 Å². The molecule has 48 heavy (non-hydrogen) atoms. The predicted molar refractivity (Wildman–Crippen MR) is 170 cm³/mol. The molecule has 0 bridgehead atoms. The number of aromatic amines is 1. The number of anilines is 1. The molecular formula is C34H41FN4O9. The minimum Gasteiger partial charge on any atom is -0.477 e. The molecule has 2 saturated carbocycles. The van der Waals surface area contributed by atoms with Crippen LogP contribution in [-0.4, -0.2) is 64.2 Å². The molecule has 13 nitrogen and oxygen atoms in total. The Labute approximate surface area is 275 Å². The quantitative estimate of drug-likeness (QED) is 0.225. The van der Waals surface area contributed by atoms with Gasteiger partial charge in [-0.1, -0.05) is 32.1 Å². The monoisotopic (exact) mass is 668 g/mol. The average Bonchev–Trinajstić information content (AvgIpc) is 3.84. The zero-order valence-electron chi connectivity index (χ0n) is 26.6. The molecule has 2 aliphatic carbocycles. The number of ether oxygens (including phenoxy) is 1. The summed E-state index contributed by atoms with van der Waals surface area (Å²) in [5.74, 6) is -2.38. The second-order valence-electron chi connectivity index (χ2n) is 13.3. The van der Waals surface area contributed by atoms with Crippen LogP contribution in [0.25, 0.3) is 10.9 Å². The summed E-state index contributed by atoms with van der Waals surface area (Å²) in [5.41, 5.74) is 1.23. The predicted octanol–water partition coefficient (Wildman–Crippen LogP) is 5.22. The van der Waals surface area contributed by atoms with Gasteiger partial charge in [0.15, 0.2) is 12.4 Å². The molecule has 0 radical (unpaired) electrons. The molecule has 1 aromatic carbocycles. The maximum atomic E-state index is 14.1. The number of likely N-dealkylation sites (tertiary alicyclic amines) is 1. The number of carboxylic acids is 1. The van der Waals surface area contributed by atoms with Crippen LogP contribution in [0.1, 0.15) is 80.5 Å². The standard InChI is InChI=1S/C34H41FN4O9/c35-16-28(38-33(44)46-17-24-18-47-34(45)48-24)20-6-8-21(9-7-20)31(41)39-13-12-25(19-4-2-1-3-5-19)29(39)30(40)36-23-10-11-26-22(14-23)15-27(37-26)32(42)43/h10-11,14-15,18-21,25,28-29,37H,1-9,12-13,16-17H2,(H,36,40)(H,38,44)(H,42,43)/t20-,21-,25-,28+,29-/m0/s1. The van der Waals surface area contributed by atoms with Gasteiger partial charge in [0, 0.05) is 29.1 Å². The number of nitrogens with one attached hydrogen (secondary N) is 3. The van der Waals surface area contributed by atoms with E-state index in [1.165, 1.54) is 12.5 Å². The Kier molecular flexibility index (Phi) is 10.2. The number of hydrogen-bond donors (Lipinski definition) is 4. The van der Waals surface area contributed by atoms with Crippen LogP contribution in [0, 0.1) is 23.7 Å². The van der Waals surface area contributed by atoms with Gasteiger partial charge in [-0.3, -0.25) is 9.59 Å². The van der Waals surface area contributed by atoms with Gasteiger partial charge in [0.2, 0.25) is 11.8 Å². The molecule has 14 heteroatoms. The van der Waals surface area contributed by atoms with E-state index < -0.39 is 36.6 Å². The molecule has 1 aliphatic heterocycles. The molecule has 0 unspecified atom stereocenters. The Bertz CT molecular complexity index is 1680. The largest absolute Gasteiger partial charge is 0.518 e. The van der Waals surface area contributed by atoms with Crippen molar-refractivity contribution in [3.63, 3.8) is 0 Å². The Hall–Kier alpha value is -4.62. The molecule has 1 saturated heterocycles. The highest BCUT2D eigenvalue weighted by Crippen LogP contribution is 2.41. The van der Waals surface area contributed by atoms with Gasteiger partial charge in [-0.15, -0.1) is 0 Å². The van der Waals surface area contributed by atoms with Gasteiger partial charge < -0.3 is 39.2 Å². The number of carbonyl (C=O) groups is 4. The molecule has 3 aromatic rings. The number of fused-ring (bicyclic) bond motifs is 1. The van der Waals surface area contributed by atoms with E-state index in [1.54, 1.807) is 23.1 Å². The Morgan fingerprint density at radius 1 is 1.04 bits per heavy atom. The molecule has 0 spiro atoms. The molecule has 2 aromatic heterocycles. The van der Waals surface area contributed by atoms with E-state index in [1.807, 2.05) is 0 Å². The maximum absolute atomic E-state index is 14.1. The smallest absolute Gasteiger partial charge is 0.477 e. The van der Waals surface area contributed by atoms with Crippen molar-refractivity contribution in [2.75, 3.05) is 18.5 Å². The number of benzene rings is 1. The molecule has 258 valence electrons. The summed E-state index contributed by atoms with van der Waals surface area (Å²) < 4.78 is 28.3. The molecule has 6 rings (SSSR count). The topological polar surface area (TPSA) is 184 Å². The number of nitrogens with zero attached hydrogens (tertiary/aromatic N) is 1. The van der Waals surface area contributed by atoms with Crippen molar-refractivity contribution in [1.29, 1.82) is 0 Å². The van der Waals surface area contributed by atoms with Crippen molar-refractivity contribution in [3.05, 3.63) is 52.6 Å². The van der Waals surface area contributed by atoms with E-state index in [-0.39, 0.29) is 47.6 Å². The van der Waals surface area contributed by atoms with Crippen LogP contribution in [-0.2, 0) is 20.9 Å². The summed E-state index contributed by atoms with van der Waals surface area (Å²) in [6.45, 7) is -0.645. The van der Waals surface area contributed by atoms with Crippen LogP contribution in [0.5, 0.6) is 0 Å². The number of alkyl carbamates (subject to hydrolysis) is 1. The average molecular weight is 669 g/mol. The van der Waals surface area contributed by atoms with E-state index in [2.05, 4.69) is 20.0 Å². The van der Waals surface area contributed by atoms with Gasteiger partial charge in [-0.2, -0.15) is 0 Å². The lowest BCUT2D eigenvalue weighted by molar-refractivity contribution is -0.142. The summed E-state index contributed by atoms with van der Waals surface area (Å²) >= 11 is 0. The van der Waals surface area contributed by atoms with Gasteiger partial charge in [0.25, 0.3) is 0 Å². The van der Waals surface area contributed by atoms with Crippen LogP contribution in [0.15, 0.2) is 44.2 Å². The molecule has 3 amide bonds. The molecule has 3 aliphatic rings. The Balaban J connectivity index is 1.09.